The van der Waals surface area contributed by atoms with Crippen LogP contribution < -0.4 is 25.0 Å². The van der Waals surface area contributed by atoms with Crippen molar-refractivity contribution in [3.8, 4) is 28.8 Å². The normalized spacial score (nSPS) is 13.3. The minimum absolute atomic E-state index is 0.0751. The molecular formula is C35H33N7O4. The predicted molar refractivity (Wildman–Crippen MR) is 178 cm³/mol. The SMILES string of the molecule is COc1ccccc1C=C(C#N)C(=O)Nc1cc(Nc2nccc(-c3cn(C)c4ccccc34)n2)c(OC)cc1N1CCOCC1. The molecule has 6 rings (SSSR count). The van der Waals surface area contributed by atoms with Gasteiger partial charge in [0.1, 0.15) is 23.1 Å². The van der Waals surface area contributed by atoms with E-state index in [0.29, 0.717) is 60.7 Å². The molecule has 0 aliphatic carbocycles. The van der Waals surface area contributed by atoms with Crippen LogP contribution in [-0.2, 0) is 16.6 Å². The molecule has 232 valence electrons. The number of aromatic nitrogens is 3. The van der Waals surface area contributed by atoms with E-state index in [2.05, 4.69) is 37.2 Å². The molecule has 0 spiro atoms. The minimum Gasteiger partial charge on any atom is -0.496 e. The number of anilines is 4. The number of para-hydroxylation sites is 2. The molecule has 0 radical (unpaired) electrons. The average molecular weight is 616 g/mol. The number of amides is 1. The van der Waals surface area contributed by atoms with Gasteiger partial charge in [-0.15, -0.1) is 0 Å². The van der Waals surface area contributed by atoms with Crippen molar-refractivity contribution >= 4 is 45.9 Å². The fourth-order valence-corrected chi connectivity index (χ4v) is 5.52. The molecule has 1 fully saturated rings. The van der Waals surface area contributed by atoms with Crippen molar-refractivity contribution in [2.75, 3.05) is 56.1 Å². The standard InChI is InChI=1S/C35H33N7O4/c1-41-22-26(25-9-5-6-10-30(25)41)27-12-13-37-35(39-27)40-29-19-28(31(20-33(29)45-3)42-14-16-46-17-15-42)38-34(43)24(21-36)18-23-8-4-7-11-32(23)44-2/h4-13,18-20,22H,14-17H2,1-3H3,(H,38,43)(H,37,39,40). The summed E-state index contributed by atoms with van der Waals surface area (Å²) in [6.07, 6.45) is 5.26. The number of benzene rings is 3. The molecule has 1 aliphatic heterocycles. The van der Waals surface area contributed by atoms with Crippen LogP contribution in [0.5, 0.6) is 11.5 Å². The van der Waals surface area contributed by atoms with Crippen LogP contribution in [0.15, 0.2) is 84.7 Å². The van der Waals surface area contributed by atoms with E-state index in [9.17, 15) is 10.1 Å². The fourth-order valence-electron chi connectivity index (χ4n) is 5.52. The van der Waals surface area contributed by atoms with Gasteiger partial charge >= 0.3 is 0 Å². The zero-order valence-electron chi connectivity index (χ0n) is 25.8. The van der Waals surface area contributed by atoms with Crippen LogP contribution in [0.2, 0.25) is 0 Å². The number of ether oxygens (including phenoxy) is 3. The van der Waals surface area contributed by atoms with E-state index >= 15 is 0 Å². The van der Waals surface area contributed by atoms with Crippen LogP contribution in [-0.4, -0.2) is 61.0 Å². The molecule has 0 unspecified atom stereocenters. The quantitative estimate of drug-likeness (QED) is 0.157. The van der Waals surface area contributed by atoms with Gasteiger partial charge in [0.15, 0.2) is 0 Å². The molecule has 0 atom stereocenters. The Morgan fingerprint density at radius 3 is 2.54 bits per heavy atom. The Bertz CT molecular complexity index is 1970. The maximum Gasteiger partial charge on any atom is 0.266 e. The summed E-state index contributed by atoms with van der Waals surface area (Å²) in [6.45, 7) is 2.33. The fraction of sp³-hybridized carbons (Fsp3) is 0.200. The van der Waals surface area contributed by atoms with Crippen molar-refractivity contribution in [2.45, 2.75) is 0 Å². The van der Waals surface area contributed by atoms with Crippen molar-refractivity contribution in [1.82, 2.24) is 14.5 Å². The second kappa shape index (κ2) is 13.4. The number of nitrogens with zero attached hydrogens (tertiary/aromatic N) is 5. The number of nitrogens with one attached hydrogen (secondary N) is 2. The number of hydrogen-bond acceptors (Lipinski definition) is 9. The largest absolute Gasteiger partial charge is 0.496 e. The summed E-state index contributed by atoms with van der Waals surface area (Å²) in [5, 5.41) is 17.3. The predicted octanol–water partition coefficient (Wildman–Crippen LogP) is 5.78. The molecular weight excluding hydrogens is 582 g/mol. The number of carbonyl (C=O) groups excluding carboxylic acids is 1. The maximum absolute atomic E-state index is 13.6. The highest BCUT2D eigenvalue weighted by Crippen LogP contribution is 2.39. The first-order valence-electron chi connectivity index (χ1n) is 14.7. The van der Waals surface area contributed by atoms with E-state index in [0.717, 1.165) is 27.8 Å². The molecule has 2 aromatic heterocycles. The minimum atomic E-state index is -0.562. The van der Waals surface area contributed by atoms with Gasteiger partial charge in [-0.2, -0.15) is 5.26 Å². The summed E-state index contributed by atoms with van der Waals surface area (Å²) in [5.41, 5.74) is 5.14. The van der Waals surface area contributed by atoms with Crippen molar-refractivity contribution in [1.29, 1.82) is 5.26 Å². The maximum atomic E-state index is 13.6. The van der Waals surface area contributed by atoms with Crippen LogP contribution >= 0.6 is 0 Å². The molecule has 3 aromatic carbocycles. The summed E-state index contributed by atoms with van der Waals surface area (Å²) < 4.78 is 18.8. The Kier molecular flexibility index (Phi) is 8.80. The van der Waals surface area contributed by atoms with E-state index in [1.165, 1.54) is 6.08 Å². The van der Waals surface area contributed by atoms with Crippen molar-refractivity contribution < 1.29 is 19.0 Å². The van der Waals surface area contributed by atoms with E-state index < -0.39 is 5.91 Å². The van der Waals surface area contributed by atoms with Crippen molar-refractivity contribution in [3.05, 3.63) is 90.3 Å². The third kappa shape index (κ3) is 6.20. The summed E-state index contributed by atoms with van der Waals surface area (Å²) in [5.74, 6) is 0.879. The van der Waals surface area contributed by atoms with Gasteiger partial charge in [0.25, 0.3) is 5.91 Å². The van der Waals surface area contributed by atoms with Gasteiger partial charge in [0, 0.05) is 60.6 Å². The lowest BCUT2D eigenvalue weighted by Gasteiger charge is -2.31. The topological polar surface area (TPSA) is 127 Å². The molecule has 11 heteroatoms. The first-order chi connectivity index (χ1) is 22.5. The Morgan fingerprint density at radius 1 is 1.00 bits per heavy atom. The second-order valence-corrected chi connectivity index (χ2v) is 10.6. The van der Waals surface area contributed by atoms with Gasteiger partial charge in [-0.3, -0.25) is 4.79 Å². The number of nitriles is 1. The number of hydrogen-bond donors (Lipinski definition) is 2. The highest BCUT2D eigenvalue weighted by atomic mass is 16.5. The van der Waals surface area contributed by atoms with Crippen LogP contribution in [0.3, 0.4) is 0 Å². The number of fused-ring (bicyclic) bond motifs is 1. The smallest absolute Gasteiger partial charge is 0.266 e. The molecule has 0 saturated carbocycles. The monoisotopic (exact) mass is 615 g/mol. The first kappa shape index (κ1) is 30.2. The Balaban J connectivity index is 1.36. The third-order valence-corrected chi connectivity index (χ3v) is 7.80. The second-order valence-electron chi connectivity index (χ2n) is 10.6. The highest BCUT2D eigenvalue weighted by Gasteiger charge is 2.22. The molecule has 1 saturated heterocycles. The van der Waals surface area contributed by atoms with Crippen LogP contribution in [0.25, 0.3) is 28.2 Å². The van der Waals surface area contributed by atoms with Crippen LogP contribution in [0, 0.1) is 11.3 Å². The van der Waals surface area contributed by atoms with Crippen molar-refractivity contribution in [2.24, 2.45) is 7.05 Å². The van der Waals surface area contributed by atoms with E-state index in [4.69, 9.17) is 19.2 Å². The van der Waals surface area contributed by atoms with Crippen molar-refractivity contribution in [3.63, 3.8) is 0 Å². The molecule has 46 heavy (non-hydrogen) atoms. The molecule has 11 nitrogen and oxygen atoms in total. The summed E-state index contributed by atoms with van der Waals surface area (Å²) >= 11 is 0. The van der Waals surface area contributed by atoms with Crippen LogP contribution in [0.1, 0.15) is 5.56 Å². The lowest BCUT2D eigenvalue weighted by atomic mass is 10.1. The lowest BCUT2D eigenvalue weighted by Crippen LogP contribution is -2.36. The zero-order valence-corrected chi connectivity index (χ0v) is 25.8. The van der Waals surface area contributed by atoms with Gasteiger partial charge in [-0.1, -0.05) is 36.4 Å². The first-order valence-corrected chi connectivity index (χ1v) is 14.7. The van der Waals surface area contributed by atoms with Gasteiger partial charge < -0.3 is 34.3 Å². The molecule has 0 bridgehead atoms. The molecule has 1 amide bonds. The molecule has 5 aromatic rings. The van der Waals surface area contributed by atoms with Gasteiger partial charge in [-0.05, 0) is 30.3 Å². The zero-order chi connectivity index (χ0) is 32.0. The number of methoxy groups -OCH3 is 2. The number of aryl methyl sites for hydroxylation is 1. The molecule has 3 heterocycles. The highest BCUT2D eigenvalue weighted by molar-refractivity contribution is 6.11. The third-order valence-electron chi connectivity index (χ3n) is 7.80. The van der Waals surface area contributed by atoms with E-state index in [1.807, 2.05) is 55.7 Å². The van der Waals surface area contributed by atoms with Crippen LogP contribution in [0.4, 0.5) is 23.0 Å². The van der Waals surface area contributed by atoms with E-state index in [-0.39, 0.29) is 5.57 Å². The summed E-state index contributed by atoms with van der Waals surface area (Å²) in [6, 6.07) is 22.9. The molecule has 2 N–H and O–H groups in total. The molecule has 1 aliphatic rings. The average Bonchev–Trinajstić information content (AvgIpc) is 3.44. The summed E-state index contributed by atoms with van der Waals surface area (Å²) in [4.78, 5) is 24.9. The van der Waals surface area contributed by atoms with E-state index in [1.54, 1.807) is 38.6 Å². The Hall–Kier alpha value is -5.86. The Morgan fingerprint density at radius 2 is 1.76 bits per heavy atom. The lowest BCUT2D eigenvalue weighted by molar-refractivity contribution is -0.112. The number of rotatable bonds is 9. The van der Waals surface area contributed by atoms with Gasteiger partial charge in [-0.25, -0.2) is 9.97 Å². The Labute approximate surface area is 266 Å². The number of carbonyl (C=O) groups is 1. The number of morpholine rings is 1. The van der Waals surface area contributed by atoms with Gasteiger partial charge in [0.05, 0.1) is 50.2 Å². The van der Waals surface area contributed by atoms with Gasteiger partial charge in [0.2, 0.25) is 5.95 Å². The summed E-state index contributed by atoms with van der Waals surface area (Å²) in [7, 11) is 5.13.